The lowest BCUT2D eigenvalue weighted by molar-refractivity contribution is -0.344. The average molecular weight is 249 g/mol. The molecule has 2 aromatic rings. The number of rotatable bonds is 0. The highest BCUT2D eigenvalue weighted by Crippen LogP contribution is 2.14. The molecule has 0 aliphatic carbocycles. The van der Waals surface area contributed by atoms with E-state index in [0.717, 1.165) is 0 Å². The molecular formula is C9H6F3NO2S. The number of fused-ring (bicyclic) bond motifs is 1. The van der Waals surface area contributed by atoms with Crippen molar-refractivity contribution < 1.29 is 28.1 Å². The molecule has 0 fully saturated rings. The Morgan fingerprint density at radius 2 is 2.00 bits per heavy atom. The summed E-state index contributed by atoms with van der Waals surface area (Å²) in [6, 6.07) is 6.20. The van der Waals surface area contributed by atoms with Crippen LogP contribution < -0.4 is 10.1 Å². The van der Waals surface area contributed by atoms with Crippen LogP contribution in [0.25, 0.3) is 10.2 Å². The van der Waals surface area contributed by atoms with Crippen LogP contribution in [-0.2, 0) is 4.79 Å². The third kappa shape index (κ3) is 3.50. The number of aromatic nitrogens is 1. The lowest BCUT2D eigenvalue weighted by atomic mass is 10.4. The predicted octanol–water partition coefficient (Wildman–Crippen LogP) is 1.01. The van der Waals surface area contributed by atoms with Gasteiger partial charge in [0.25, 0.3) is 0 Å². The highest BCUT2D eigenvalue weighted by atomic mass is 32.1. The van der Waals surface area contributed by atoms with Gasteiger partial charge >= 0.3 is 6.18 Å². The second kappa shape index (κ2) is 4.93. The van der Waals surface area contributed by atoms with Crippen LogP contribution in [-0.4, -0.2) is 12.1 Å². The highest BCUT2D eigenvalue weighted by molar-refractivity contribution is 7.17. The van der Waals surface area contributed by atoms with Gasteiger partial charge in [0.15, 0.2) is 6.20 Å². The molecule has 0 radical (unpaired) electrons. The van der Waals surface area contributed by atoms with Gasteiger partial charge < -0.3 is 9.90 Å². The van der Waals surface area contributed by atoms with E-state index in [1.54, 1.807) is 11.3 Å². The van der Waals surface area contributed by atoms with E-state index in [1.807, 2.05) is 12.3 Å². The van der Waals surface area contributed by atoms with Gasteiger partial charge in [0.05, 0.1) is 4.70 Å². The fourth-order valence-electron chi connectivity index (χ4n) is 0.843. The SMILES string of the molecule is O=C([O-])C(F)(F)F.c1c[nH+]c2ccsc2c1. The van der Waals surface area contributed by atoms with Gasteiger partial charge in [-0.05, 0) is 11.4 Å². The summed E-state index contributed by atoms with van der Waals surface area (Å²) in [6.07, 6.45) is -3.25. The number of H-pyrrole nitrogens is 1. The van der Waals surface area contributed by atoms with Crippen molar-refractivity contribution in [2.24, 2.45) is 0 Å². The van der Waals surface area contributed by atoms with Gasteiger partial charge in [0, 0.05) is 12.1 Å². The standard InChI is InChI=1S/C7H5NS.C2HF3O2/c1-2-7-6(8-4-1)3-5-9-7;3-2(4,5)1(6)7/h1-5H;(H,6,7). The molecule has 0 atom stereocenters. The summed E-state index contributed by atoms with van der Waals surface area (Å²) in [5.74, 6) is -3.01. The number of hydrogen-bond donors (Lipinski definition) is 0. The van der Waals surface area contributed by atoms with E-state index in [0.29, 0.717) is 0 Å². The monoisotopic (exact) mass is 249 g/mol. The molecule has 16 heavy (non-hydrogen) atoms. The molecule has 86 valence electrons. The Labute approximate surface area is 92.2 Å². The second-order valence-electron chi connectivity index (χ2n) is 2.65. The summed E-state index contributed by atoms with van der Waals surface area (Å²) in [5.41, 5.74) is 1.22. The first-order valence-electron chi connectivity index (χ1n) is 4.03. The number of alkyl halides is 3. The minimum absolute atomic E-state index is 1.22. The molecule has 7 heteroatoms. The van der Waals surface area contributed by atoms with Gasteiger partial charge in [-0.15, -0.1) is 11.3 Å². The lowest BCUT2D eigenvalue weighted by Crippen LogP contribution is -2.37. The minimum atomic E-state index is -5.19. The molecule has 0 aliphatic rings. The van der Waals surface area contributed by atoms with E-state index in [1.165, 1.54) is 10.2 Å². The Morgan fingerprint density at radius 1 is 1.38 bits per heavy atom. The van der Waals surface area contributed by atoms with Crippen LogP contribution in [0.15, 0.2) is 29.8 Å². The fraction of sp³-hybridized carbons (Fsp3) is 0.111. The summed E-state index contributed by atoms with van der Waals surface area (Å²) in [5, 5.41) is 10.9. The highest BCUT2D eigenvalue weighted by Gasteiger charge is 2.28. The Balaban J connectivity index is 0.000000168. The summed E-state index contributed by atoms with van der Waals surface area (Å²) >= 11 is 1.76. The van der Waals surface area contributed by atoms with Crippen molar-refractivity contribution in [2.45, 2.75) is 6.18 Å². The van der Waals surface area contributed by atoms with Crippen molar-refractivity contribution in [3.05, 3.63) is 29.8 Å². The number of carbonyl (C=O) groups excluding carboxylic acids is 1. The van der Waals surface area contributed by atoms with Crippen LogP contribution in [0.5, 0.6) is 0 Å². The number of halogens is 3. The number of carboxylic acid groups (broad SMARTS) is 1. The second-order valence-corrected chi connectivity index (χ2v) is 3.60. The zero-order valence-electron chi connectivity index (χ0n) is 7.75. The first-order chi connectivity index (χ1) is 7.41. The molecule has 0 spiro atoms. The van der Waals surface area contributed by atoms with Gasteiger partial charge in [-0.25, -0.2) is 4.98 Å². The summed E-state index contributed by atoms with van der Waals surface area (Å²) in [7, 11) is 0. The predicted molar refractivity (Wildman–Crippen MR) is 49.4 cm³/mol. The van der Waals surface area contributed by atoms with Crippen molar-refractivity contribution in [1.29, 1.82) is 0 Å². The lowest BCUT2D eigenvalue weighted by Gasteiger charge is -2.03. The van der Waals surface area contributed by atoms with Crippen LogP contribution >= 0.6 is 11.3 Å². The molecule has 0 amide bonds. The van der Waals surface area contributed by atoms with Crippen LogP contribution in [0.2, 0.25) is 0 Å². The van der Waals surface area contributed by atoms with Gasteiger partial charge in [-0.2, -0.15) is 13.2 Å². The number of aliphatic carboxylic acids is 1. The Kier molecular flexibility index (Phi) is 3.83. The Morgan fingerprint density at radius 3 is 2.50 bits per heavy atom. The number of aromatic amines is 1. The topological polar surface area (TPSA) is 54.3 Å². The fourth-order valence-corrected chi connectivity index (χ4v) is 1.60. The molecular weight excluding hydrogens is 243 g/mol. The maximum atomic E-state index is 10.5. The largest absolute Gasteiger partial charge is 0.542 e. The molecule has 2 rings (SSSR count). The van der Waals surface area contributed by atoms with Crippen molar-refractivity contribution in [3.63, 3.8) is 0 Å². The number of thiophene rings is 1. The third-order valence-corrected chi connectivity index (χ3v) is 2.39. The maximum Gasteiger partial charge on any atom is 0.430 e. The molecule has 1 N–H and O–H groups in total. The molecule has 2 heterocycles. The van der Waals surface area contributed by atoms with Crippen molar-refractivity contribution in [3.8, 4) is 0 Å². The molecule has 2 aromatic heterocycles. The van der Waals surface area contributed by atoms with E-state index in [2.05, 4.69) is 22.5 Å². The summed E-state index contributed by atoms with van der Waals surface area (Å²) in [6.45, 7) is 0. The molecule has 0 saturated heterocycles. The normalized spacial score (nSPS) is 10.7. The molecule has 0 bridgehead atoms. The van der Waals surface area contributed by atoms with E-state index in [9.17, 15) is 13.2 Å². The van der Waals surface area contributed by atoms with Crippen LogP contribution in [0.1, 0.15) is 0 Å². The minimum Gasteiger partial charge on any atom is -0.542 e. The third-order valence-electron chi connectivity index (χ3n) is 1.51. The van der Waals surface area contributed by atoms with Crippen LogP contribution in [0.3, 0.4) is 0 Å². The summed E-state index contributed by atoms with van der Waals surface area (Å²) < 4.78 is 32.9. The quantitative estimate of drug-likeness (QED) is 0.699. The number of carbonyl (C=O) groups is 1. The van der Waals surface area contributed by atoms with Crippen LogP contribution in [0.4, 0.5) is 13.2 Å². The van der Waals surface area contributed by atoms with E-state index < -0.39 is 12.1 Å². The number of hydrogen-bond acceptors (Lipinski definition) is 3. The van der Waals surface area contributed by atoms with Gasteiger partial charge in [0.2, 0.25) is 5.52 Å². The molecule has 0 saturated carbocycles. The molecule has 0 aromatic carbocycles. The van der Waals surface area contributed by atoms with Crippen molar-refractivity contribution >= 4 is 27.5 Å². The van der Waals surface area contributed by atoms with Gasteiger partial charge in [-0.1, -0.05) is 0 Å². The number of pyridine rings is 1. The first kappa shape index (κ1) is 12.4. The first-order valence-corrected chi connectivity index (χ1v) is 4.91. The smallest absolute Gasteiger partial charge is 0.430 e. The van der Waals surface area contributed by atoms with E-state index in [-0.39, 0.29) is 0 Å². The molecule has 3 nitrogen and oxygen atoms in total. The zero-order chi connectivity index (χ0) is 12.2. The van der Waals surface area contributed by atoms with Crippen molar-refractivity contribution in [2.75, 3.05) is 0 Å². The Hall–Kier alpha value is -1.63. The number of carboxylic acids is 1. The average Bonchev–Trinajstić information content (AvgIpc) is 2.64. The van der Waals surface area contributed by atoms with E-state index >= 15 is 0 Å². The van der Waals surface area contributed by atoms with Crippen LogP contribution in [0, 0.1) is 0 Å². The molecule has 0 aliphatic heterocycles. The zero-order valence-corrected chi connectivity index (χ0v) is 8.56. The van der Waals surface area contributed by atoms with Crippen molar-refractivity contribution in [1.82, 2.24) is 0 Å². The van der Waals surface area contributed by atoms with Gasteiger partial charge in [0.1, 0.15) is 5.97 Å². The number of nitrogens with one attached hydrogen (secondary N) is 1. The molecule has 0 unspecified atom stereocenters. The Bertz CT molecular complexity index is 451. The maximum absolute atomic E-state index is 10.5. The van der Waals surface area contributed by atoms with Gasteiger partial charge in [-0.3, -0.25) is 0 Å². The summed E-state index contributed by atoms with van der Waals surface area (Å²) in [4.78, 5) is 11.9. The van der Waals surface area contributed by atoms with E-state index in [4.69, 9.17) is 9.90 Å².